The van der Waals surface area contributed by atoms with Crippen molar-refractivity contribution in [2.45, 2.75) is 36.9 Å². The van der Waals surface area contributed by atoms with Gasteiger partial charge in [-0.3, -0.25) is 15.0 Å². The van der Waals surface area contributed by atoms with Crippen LogP contribution < -0.4 is 10.6 Å². The Labute approximate surface area is 187 Å². The highest BCUT2D eigenvalue weighted by Gasteiger charge is 2.46. The van der Waals surface area contributed by atoms with Crippen molar-refractivity contribution in [1.82, 2.24) is 15.5 Å². The number of piperidine rings is 1. The van der Waals surface area contributed by atoms with E-state index in [0.717, 1.165) is 37.2 Å². The van der Waals surface area contributed by atoms with E-state index < -0.39 is 5.54 Å². The molecule has 0 saturated carbocycles. The minimum absolute atomic E-state index is 0. The van der Waals surface area contributed by atoms with Crippen molar-refractivity contribution < 1.29 is 14.0 Å². The fraction of sp³-hybridized carbons (Fsp3) is 0.391. The molecular formula is C23H26ClFN4O2. The number of carbonyl (C=O) groups is 1. The van der Waals surface area contributed by atoms with Gasteiger partial charge in [0, 0.05) is 19.5 Å². The zero-order valence-corrected chi connectivity index (χ0v) is 17.9. The lowest BCUT2D eigenvalue weighted by atomic mass is 9.85. The number of nitrogens with zero attached hydrogens (tertiary/aromatic N) is 2. The Bertz CT molecular complexity index is 946. The molecule has 0 aromatic heterocycles. The van der Waals surface area contributed by atoms with Crippen molar-refractivity contribution in [2.75, 3.05) is 19.8 Å². The normalized spacial score (nSPS) is 23.6. The third-order valence-corrected chi connectivity index (χ3v) is 6.49. The predicted molar refractivity (Wildman–Crippen MR) is 118 cm³/mol. The number of carbonyl (C=O) groups excluding carboxylic acids is 1. The van der Waals surface area contributed by atoms with Crippen LogP contribution in [0, 0.1) is 5.82 Å². The minimum Gasteiger partial charge on any atom is -0.387 e. The second-order valence-electron chi connectivity index (χ2n) is 8.22. The van der Waals surface area contributed by atoms with Crippen LogP contribution in [0.5, 0.6) is 0 Å². The van der Waals surface area contributed by atoms with Crippen LogP contribution in [0.25, 0.3) is 0 Å². The van der Waals surface area contributed by atoms with Crippen LogP contribution in [0.1, 0.15) is 42.5 Å². The summed E-state index contributed by atoms with van der Waals surface area (Å²) >= 11 is 0. The van der Waals surface area contributed by atoms with Gasteiger partial charge >= 0.3 is 0 Å². The molecule has 5 rings (SSSR count). The first kappa shape index (κ1) is 21.7. The van der Waals surface area contributed by atoms with E-state index >= 15 is 0 Å². The second-order valence-corrected chi connectivity index (χ2v) is 8.22. The molecule has 2 N–H and O–H groups in total. The zero-order valence-electron chi connectivity index (χ0n) is 17.1. The van der Waals surface area contributed by atoms with E-state index in [1.54, 1.807) is 12.1 Å². The molecule has 3 aliphatic heterocycles. The maximum absolute atomic E-state index is 13.3. The molecule has 31 heavy (non-hydrogen) atoms. The lowest BCUT2D eigenvalue weighted by molar-refractivity contribution is -0.125. The summed E-state index contributed by atoms with van der Waals surface area (Å²) in [5.41, 5.74) is 2.61. The molecule has 2 aromatic carbocycles. The topological polar surface area (TPSA) is 66.0 Å². The molecule has 1 amide bonds. The van der Waals surface area contributed by atoms with Gasteiger partial charge in [-0.2, -0.15) is 0 Å². The zero-order chi connectivity index (χ0) is 20.6. The molecule has 6 nitrogen and oxygen atoms in total. The molecule has 2 atom stereocenters. The van der Waals surface area contributed by atoms with Crippen LogP contribution in [0.2, 0.25) is 0 Å². The summed E-state index contributed by atoms with van der Waals surface area (Å²) in [6.07, 6.45) is 1.98. The maximum atomic E-state index is 13.3. The fourth-order valence-corrected chi connectivity index (χ4v) is 4.77. The largest absolute Gasteiger partial charge is 0.387 e. The second kappa shape index (κ2) is 8.94. The number of rotatable bonds is 4. The molecule has 2 saturated heterocycles. The van der Waals surface area contributed by atoms with E-state index in [1.807, 2.05) is 18.2 Å². The standard InChI is InChI=1S/C23H25FN4O2.ClH/c24-18-8-6-16(7-9-18)20-14-19(27-30-20)21(17-4-2-1-3-5-17)28-12-10-23(11-13-28)22(29)25-15-26-23;/h1-9,20-21,26H,10-15H2,(H,25,29);1H. The van der Waals surface area contributed by atoms with Gasteiger partial charge in [0.25, 0.3) is 0 Å². The summed E-state index contributed by atoms with van der Waals surface area (Å²) in [4.78, 5) is 20.5. The van der Waals surface area contributed by atoms with Crippen molar-refractivity contribution in [3.8, 4) is 0 Å². The summed E-state index contributed by atoms with van der Waals surface area (Å²) in [5.74, 6) is -0.150. The Morgan fingerprint density at radius 3 is 2.45 bits per heavy atom. The number of likely N-dealkylation sites (tertiary alicyclic amines) is 1. The van der Waals surface area contributed by atoms with Gasteiger partial charge in [0.15, 0.2) is 6.10 Å². The van der Waals surface area contributed by atoms with Crippen molar-refractivity contribution >= 4 is 24.0 Å². The van der Waals surface area contributed by atoms with E-state index in [2.05, 4.69) is 32.8 Å². The smallest absolute Gasteiger partial charge is 0.241 e. The molecule has 3 aliphatic rings. The summed E-state index contributed by atoms with van der Waals surface area (Å²) < 4.78 is 13.3. The third kappa shape index (κ3) is 4.18. The highest BCUT2D eigenvalue weighted by Crippen LogP contribution is 2.37. The van der Waals surface area contributed by atoms with Gasteiger partial charge in [0.1, 0.15) is 11.4 Å². The minimum atomic E-state index is -0.442. The van der Waals surface area contributed by atoms with E-state index in [-0.39, 0.29) is 36.3 Å². The predicted octanol–water partition coefficient (Wildman–Crippen LogP) is 3.32. The Morgan fingerprint density at radius 1 is 1.10 bits per heavy atom. The summed E-state index contributed by atoms with van der Waals surface area (Å²) in [5, 5.41) is 10.7. The van der Waals surface area contributed by atoms with Crippen molar-refractivity contribution in [3.05, 3.63) is 71.5 Å². The van der Waals surface area contributed by atoms with Crippen LogP contribution in [-0.2, 0) is 9.63 Å². The monoisotopic (exact) mass is 444 g/mol. The van der Waals surface area contributed by atoms with Gasteiger partial charge in [-0.25, -0.2) is 4.39 Å². The number of nitrogens with one attached hydrogen (secondary N) is 2. The lowest BCUT2D eigenvalue weighted by Gasteiger charge is -2.41. The first-order valence-corrected chi connectivity index (χ1v) is 10.4. The molecule has 0 aliphatic carbocycles. The average molecular weight is 445 g/mol. The van der Waals surface area contributed by atoms with E-state index in [1.165, 1.54) is 17.7 Å². The number of hydrogen-bond acceptors (Lipinski definition) is 5. The van der Waals surface area contributed by atoms with Crippen LogP contribution in [0.4, 0.5) is 4.39 Å². The third-order valence-electron chi connectivity index (χ3n) is 6.49. The fourth-order valence-electron chi connectivity index (χ4n) is 4.77. The van der Waals surface area contributed by atoms with Crippen LogP contribution in [0.15, 0.2) is 59.8 Å². The Hall–Kier alpha value is -2.48. The van der Waals surface area contributed by atoms with E-state index in [4.69, 9.17) is 4.84 Å². The summed E-state index contributed by atoms with van der Waals surface area (Å²) in [7, 11) is 0. The molecule has 1 spiro atoms. The summed E-state index contributed by atoms with van der Waals surface area (Å²) in [6.45, 7) is 2.13. The maximum Gasteiger partial charge on any atom is 0.241 e. The number of amides is 1. The van der Waals surface area contributed by atoms with Gasteiger partial charge < -0.3 is 10.2 Å². The quantitative estimate of drug-likeness (QED) is 0.759. The molecule has 2 fully saturated rings. The number of oxime groups is 1. The first-order valence-electron chi connectivity index (χ1n) is 10.4. The van der Waals surface area contributed by atoms with E-state index in [0.29, 0.717) is 13.1 Å². The number of hydrogen-bond donors (Lipinski definition) is 2. The molecule has 3 heterocycles. The van der Waals surface area contributed by atoms with E-state index in [9.17, 15) is 9.18 Å². The van der Waals surface area contributed by atoms with Crippen molar-refractivity contribution in [1.29, 1.82) is 0 Å². The first-order chi connectivity index (χ1) is 14.6. The van der Waals surface area contributed by atoms with Gasteiger partial charge in [0.2, 0.25) is 5.91 Å². The molecule has 8 heteroatoms. The Balaban J connectivity index is 0.00000231. The number of halogens is 2. The van der Waals surface area contributed by atoms with Crippen LogP contribution in [0.3, 0.4) is 0 Å². The molecule has 0 radical (unpaired) electrons. The molecular weight excluding hydrogens is 419 g/mol. The molecule has 2 aromatic rings. The highest BCUT2D eigenvalue weighted by atomic mass is 35.5. The number of benzene rings is 2. The van der Waals surface area contributed by atoms with Gasteiger partial charge in [-0.05, 0) is 36.1 Å². The van der Waals surface area contributed by atoms with Crippen molar-refractivity contribution in [2.24, 2.45) is 5.16 Å². The average Bonchev–Trinajstić information content (AvgIpc) is 3.39. The Kier molecular flexibility index (Phi) is 6.27. The van der Waals surface area contributed by atoms with Crippen LogP contribution in [-0.4, -0.2) is 41.8 Å². The molecule has 0 bridgehead atoms. The molecule has 164 valence electrons. The van der Waals surface area contributed by atoms with Gasteiger partial charge in [0.05, 0.1) is 18.4 Å². The van der Waals surface area contributed by atoms with Gasteiger partial charge in [-0.1, -0.05) is 47.6 Å². The lowest BCUT2D eigenvalue weighted by Crippen LogP contribution is -2.55. The Morgan fingerprint density at radius 2 is 1.81 bits per heavy atom. The highest BCUT2D eigenvalue weighted by molar-refractivity contribution is 5.92. The van der Waals surface area contributed by atoms with Crippen molar-refractivity contribution in [3.63, 3.8) is 0 Å². The SMILES string of the molecule is Cl.O=C1NCNC12CCN(C(C1=NOC(c3ccc(F)cc3)C1)c1ccccc1)CC2. The van der Waals surface area contributed by atoms with Gasteiger partial charge in [-0.15, -0.1) is 12.4 Å². The van der Waals surface area contributed by atoms with Crippen LogP contribution >= 0.6 is 12.4 Å². The summed E-state index contributed by atoms with van der Waals surface area (Å²) in [6, 6.07) is 16.7. The molecule has 2 unspecified atom stereocenters.